The number of carbonyl (C=O) groups excluding carboxylic acids is 1. The Morgan fingerprint density at radius 1 is 1.30 bits per heavy atom. The fourth-order valence-electron chi connectivity index (χ4n) is 3.28. The number of aryl methyl sites for hydroxylation is 1. The standard InChI is InChI=1S/C18H22ClN3O/c1-12-10-13(19)8-9-15(12)16-11-20-17(22(16)2)18(23)21-14-6-4-3-5-7-14/h8-11,14H,3-7H2,1-2H3,(H,21,23). The molecule has 122 valence electrons. The molecule has 0 saturated heterocycles. The van der Waals surface area contributed by atoms with E-state index in [4.69, 9.17) is 11.6 Å². The third-order valence-corrected chi connectivity index (χ3v) is 4.83. The lowest BCUT2D eigenvalue weighted by atomic mass is 9.95. The van der Waals surface area contributed by atoms with Crippen molar-refractivity contribution in [2.75, 3.05) is 0 Å². The van der Waals surface area contributed by atoms with E-state index in [1.807, 2.05) is 36.7 Å². The van der Waals surface area contributed by atoms with E-state index in [2.05, 4.69) is 10.3 Å². The summed E-state index contributed by atoms with van der Waals surface area (Å²) in [7, 11) is 1.88. The third-order valence-electron chi connectivity index (χ3n) is 4.60. The summed E-state index contributed by atoms with van der Waals surface area (Å²) in [5.41, 5.74) is 3.04. The van der Waals surface area contributed by atoms with Crippen LogP contribution in [-0.4, -0.2) is 21.5 Å². The van der Waals surface area contributed by atoms with Crippen molar-refractivity contribution in [2.24, 2.45) is 7.05 Å². The number of carbonyl (C=O) groups is 1. The molecule has 1 saturated carbocycles. The van der Waals surface area contributed by atoms with Gasteiger partial charge >= 0.3 is 0 Å². The van der Waals surface area contributed by atoms with E-state index in [0.29, 0.717) is 10.8 Å². The molecule has 0 unspecified atom stereocenters. The Morgan fingerprint density at radius 2 is 2.04 bits per heavy atom. The Bertz CT molecular complexity index is 717. The molecule has 1 N–H and O–H groups in total. The lowest BCUT2D eigenvalue weighted by Crippen LogP contribution is -2.37. The van der Waals surface area contributed by atoms with Crippen LogP contribution in [0.3, 0.4) is 0 Å². The number of hydrogen-bond acceptors (Lipinski definition) is 2. The van der Waals surface area contributed by atoms with Crippen LogP contribution >= 0.6 is 11.6 Å². The SMILES string of the molecule is Cc1cc(Cl)ccc1-c1cnc(C(=O)NC2CCCCC2)n1C. The van der Waals surface area contributed by atoms with Crippen LogP contribution in [0.2, 0.25) is 5.02 Å². The van der Waals surface area contributed by atoms with Crippen molar-refractivity contribution in [3.63, 3.8) is 0 Å². The molecule has 1 aromatic carbocycles. The van der Waals surface area contributed by atoms with Crippen molar-refractivity contribution in [1.29, 1.82) is 0 Å². The van der Waals surface area contributed by atoms with Crippen molar-refractivity contribution in [1.82, 2.24) is 14.9 Å². The molecule has 2 aromatic rings. The molecule has 0 atom stereocenters. The van der Waals surface area contributed by atoms with Crippen molar-refractivity contribution in [3.8, 4) is 11.3 Å². The van der Waals surface area contributed by atoms with Gasteiger partial charge in [-0.1, -0.05) is 36.9 Å². The van der Waals surface area contributed by atoms with Crippen LogP contribution in [0.15, 0.2) is 24.4 Å². The Morgan fingerprint density at radius 3 is 2.74 bits per heavy atom. The number of imidazole rings is 1. The van der Waals surface area contributed by atoms with Crippen molar-refractivity contribution in [2.45, 2.75) is 45.1 Å². The van der Waals surface area contributed by atoms with E-state index in [1.54, 1.807) is 6.20 Å². The molecule has 1 fully saturated rings. The van der Waals surface area contributed by atoms with E-state index < -0.39 is 0 Å². The second-order valence-corrected chi connectivity index (χ2v) is 6.73. The van der Waals surface area contributed by atoms with Gasteiger partial charge in [-0.15, -0.1) is 0 Å². The van der Waals surface area contributed by atoms with Gasteiger partial charge in [-0.2, -0.15) is 0 Å². The molecule has 0 radical (unpaired) electrons. The van der Waals surface area contributed by atoms with Gasteiger partial charge in [0, 0.05) is 23.7 Å². The highest BCUT2D eigenvalue weighted by atomic mass is 35.5. The molecule has 1 heterocycles. The molecular formula is C18H22ClN3O. The number of amides is 1. The average Bonchev–Trinajstić information content (AvgIpc) is 2.90. The first-order valence-corrected chi connectivity index (χ1v) is 8.53. The van der Waals surface area contributed by atoms with Gasteiger partial charge in [-0.05, 0) is 37.5 Å². The van der Waals surface area contributed by atoms with Crippen LogP contribution < -0.4 is 5.32 Å². The van der Waals surface area contributed by atoms with Crippen molar-refractivity contribution in [3.05, 3.63) is 40.8 Å². The summed E-state index contributed by atoms with van der Waals surface area (Å²) in [6, 6.07) is 6.04. The molecule has 1 aliphatic rings. The number of nitrogens with zero attached hydrogens (tertiary/aromatic N) is 2. The minimum atomic E-state index is -0.0859. The predicted octanol–water partition coefficient (Wildman–Crippen LogP) is 4.11. The normalized spacial score (nSPS) is 15.6. The van der Waals surface area contributed by atoms with Crippen LogP contribution in [0.5, 0.6) is 0 Å². The molecule has 3 rings (SSSR count). The maximum absolute atomic E-state index is 12.5. The average molecular weight is 332 g/mol. The minimum Gasteiger partial charge on any atom is -0.347 e. The zero-order valence-corrected chi connectivity index (χ0v) is 14.4. The number of nitrogens with one attached hydrogen (secondary N) is 1. The molecule has 0 bridgehead atoms. The number of halogens is 1. The summed E-state index contributed by atoms with van der Waals surface area (Å²) in [5.74, 6) is 0.372. The number of rotatable bonds is 3. The molecule has 0 aliphatic heterocycles. The summed E-state index contributed by atoms with van der Waals surface area (Å²) < 4.78 is 1.86. The summed E-state index contributed by atoms with van der Waals surface area (Å²) in [5, 5.41) is 3.83. The third kappa shape index (κ3) is 3.42. The predicted molar refractivity (Wildman–Crippen MR) is 92.7 cm³/mol. The van der Waals surface area contributed by atoms with Gasteiger partial charge in [-0.3, -0.25) is 4.79 Å². The Balaban J connectivity index is 1.82. The van der Waals surface area contributed by atoms with E-state index in [9.17, 15) is 4.79 Å². The molecule has 1 aliphatic carbocycles. The zero-order chi connectivity index (χ0) is 16.4. The Kier molecular flexibility index (Phi) is 4.71. The summed E-state index contributed by atoms with van der Waals surface area (Å²) in [4.78, 5) is 16.8. The maximum atomic E-state index is 12.5. The highest BCUT2D eigenvalue weighted by Gasteiger charge is 2.21. The van der Waals surface area contributed by atoms with Crippen LogP contribution in [-0.2, 0) is 7.05 Å². The topological polar surface area (TPSA) is 46.9 Å². The Labute approximate surface area is 141 Å². The first-order valence-electron chi connectivity index (χ1n) is 8.15. The molecule has 1 amide bonds. The highest BCUT2D eigenvalue weighted by molar-refractivity contribution is 6.30. The van der Waals surface area contributed by atoms with Crippen molar-refractivity contribution < 1.29 is 4.79 Å². The molecule has 5 heteroatoms. The summed E-state index contributed by atoms with van der Waals surface area (Å²) >= 11 is 6.02. The molecule has 1 aromatic heterocycles. The van der Waals surface area contributed by atoms with Gasteiger partial charge in [0.25, 0.3) is 5.91 Å². The second kappa shape index (κ2) is 6.75. The zero-order valence-electron chi connectivity index (χ0n) is 13.6. The van der Waals surface area contributed by atoms with Gasteiger partial charge < -0.3 is 9.88 Å². The second-order valence-electron chi connectivity index (χ2n) is 6.29. The lowest BCUT2D eigenvalue weighted by Gasteiger charge is -2.22. The number of benzene rings is 1. The molecule has 4 nitrogen and oxygen atoms in total. The first kappa shape index (κ1) is 16.1. The largest absolute Gasteiger partial charge is 0.347 e. The highest BCUT2D eigenvalue weighted by Crippen LogP contribution is 2.26. The van der Waals surface area contributed by atoms with Crippen LogP contribution in [0, 0.1) is 6.92 Å². The van der Waals surface area contributed by atoms with Gasteiger partial charge in [0.05, 0.1) is 11.9 Å². The van der Waals surface area contributed by atoms with E-state index in [1.165, 1.54) is 19.3 Å². The molecule has 23 heavy (non-hydrogen) atoms. The Hall–Kier alpha value is -1.81. The fourth-order valence-corrected chi connectivity index (χ4v) is 3.51. The summed E-state index contributed by atoms with van der Waals surface area (Å²) in [6.07, 6.45) is 7.56. The lowest BCUT2D eigenvalue weighted by molar-refractivity contribution is 0.0914. The smallest absolute Gasteiger partial charge is 0.287 e. The van der Waals surface area contributed by atoms with E-state index in [0.717, 1.165) is 29.7 Å². The van der Waals surface area contributed by atoms with Crippen LogP contribution in [0.1, 0.15) is 48.3 Å². The van der Waals surface area contributed by atoms with Gasteiger partial charge in [0.1, 0.15) is 0 Å². The number of aromatic nitrogens is 2. The summed E-state index contributed by atoms with van der Waals surface area (Å²) in [6.45, 7) is 2.01. The van der Waals surface area contributed by atoms with Crippen LogP contribution in [0.4, 0.5) is 0 Å². The molecular weight excluding hydrogens is 310 g/mol. The fraction of sp³-hybridized carbons (Fsp3) is 0.444. The van der Waals surface area contributed by atoms with Crippen molar-refractivity contribution >= 4 is 17.5 Å². The van der Waals surface area contributed by atoms with Gasteiger partial charge in [0.15, 0.2) is 5.82 Å². The minimum absolute atomic E-state index is 0.0859. The first-order chi connectivity index (χ1) is 11.1. The van der Waals surface area contributed by atoms with E-state index in [-0.39, 0.29) is 11.9 Å². The van der Waals surface area contributed by atoms with E-state index >= 15 is 0 Å². The van der Waals surface area contributed by atoms with Gasteiger partial charge in [0.2, 0.25) is 0 Å². The molecule has 0 spiro atoms. The monoisotopic (exact) mass is 331 g/mol. The maximum Gasteiger partial charge on any atom is 0.287 e. The van der Waals surface area contributed by atoms with Crippen LogP contribution in [0.25, 0.3) is 11.3 Å². The van der Waals surface area contributed by atoms with Gasteiger partial charge in [-0.25, -0.2) is 4.98 Å². The number of hydrogen-bond donors (Lipinski definition) is 1. The quantitative estimate of drug-likeness (QED) is 0.920.